The third kappa shape index (κ3) is 3.74. The molecule has 0 aliphatic rings. The fraction of sp³-hybridized carbons (Fsp3) is 0.200. The van der Waals surface area contributed by atoms with Gasteiger partial charge in [-0.25, -0.2) is 9.86 Å². The van der Waals surface area contributed by atoms with Gasteiger partial charge in [0.2, 0.25) is 5.12 Å². The first-order valence-corrected chi connectivity index (χ1v) is 5.60. The second-order valence-electron chi connectivity index (χ2n) is 3.02. The second-order valence-corrected chi connectivity index (χ2v) is 3.92. The molecule has 7 heteroatoms. The van der Waals surface area contributed by atoms with Gasteiger partial charge in [-0.3, -0.25) is 15.2 Å². The molecule has 92 valence electrons. The third-order valence-electron chi connectivity index (χ3n) is 1.86. The standard InChI is InChI=1S/C10H12N2O4S/c1-2-11(15)10(14)12(16)17-9(13)8-6-4-3-5-7-8/h3-7,15-16H,2H2,1H3. The molecule has 1 aromatic rings. The molecule has 0 atom stereocenters. The van der Waals surface area contributed by atoms with Crippen molar-refractivity contribution < 1.29 is 20.0 Å². The number of rotatable bonds is 2. The van der Waals surface area contributed by atoms with Crippen molar-refractivity contribution in [1.82, 2.24) is 9.53 Å². The van der Waals surface area contributed by atoms with E-state index < -0.39 is 11.1 Å². The summed E-state index contributed by atoms with van der Waals surface area (Å²) in [6.07, 6.45) is 0. The van der Waals surface area contributed by atoms with Gasteiger partial charge < -0.3 is 0 Å². The molecule has 1 aromatic carbocycles. The van der Waals surface area contributed by atoms with Crippen LogP contribution in [0.3, 0.4) is 0 Å². The molecule has 0 aliphatic carbocycles. The van der Waals surface area contributed by atoms with Gasteiger partial charge in [-0.2, -0.15) is 0 Å². The van der Waals surface area contributed by atoms with Crippen LogP contribution in [0.5, 0.6) is 0 Å². The van der Waals surface area contributed by atoms with Crippen molar-refractivity contribution >= 4 is 23.1 Å². The molecule has 0 bridgehead atoms. The molecular formula is C10H12N2O4S. The fourth-order valence-corrected chi connectivity index (χ4v) is 1.55. The number of hydroxylamine groups is 3. The van der Waals surface area contributed by atoms with Crippen LogP contribution in [0.1, 0.15) is 17.3 Å². The van der Waals surface area contributed by atoms with Crippen LogP contribution in [-0.4, -0.2) is 37.6 Å². The van der Waals surface area contributed by atoms with Crippen LogP contribution in [0.15, 0.2) is 30.3 Å². The second kappa shape index (κ2) is 6.24. The van der Waals surface area contributed by atoms with Crippen LogP contribution in [0.25, 0.3) is 0 Å². The van der Waals surface area contributed by atoms with E-state index in [-0.39, 0.29) is 11.0 Å². The Bertz CT molecular complexity index is 399. The predicted octanol–water partition coefficient (Wildman–Crippen LogP) is 2.00. The molecule has 0 unspecified atom stereocenters. The summed E-state index contributed by atoms with van der Waals surface area (Å²) < 4.78 is 0.0961. The molecule has 0 radical (unpaired) electrons. The Morgan fingerprint density at radius 2 is 1.82 bits per heavy atom. The van der Waals surface area contributed by atoms with E-state index in [2.05, 4.69) is 0 Å². The lowest BCUT2D eigenvalue weighted by Gasteiger charge is -2.17. The number of carbonyl (C=O) groups excluding carboxylic acids is 2. The smallest absolute Gasteiger partial charge is 0.284 e. The zero-order chi connectivity index (χ0) is 12.8. The van der Waals surface area contributed by atoms with Crippen LogP contribution in [0.2, 0.25) is 0 Å². The molecule has 0 spiro atoms. The van der Waals surface area contributed by atoms with Crippen LogP contribution in [-0.2, 0) is 0 Å². The maximum absolute atomic E-state index is 11.6. The van der Waals surface area contributed by atoms with Crippen molar-refractivity contribution in [2.75, 3.05) is 6.54 Å². The van der Waals surface area contributed by atoms with Crippen LogP contribution in [0.4, 0.5) is 4.79 Å². The molecule has 0 heterocycles. The molecule has 0 aromatic heterocycles. The maximum atomic E-state index is 11.6. The molecule has 0 aliphatic heterocycles. The minimum Gasteiger partial charge on any atom is -0.284 e. The topological polar surface area (TPSA) is 81.1 Å². The Hall–Kier alpha value is -1.57. The van der Waals surface area contributed by atoms with E-state index >= 15 is 0 Å². The van der Waals surface area contributed by atoms with Crippen molar-refractivity contribution in [3.8, 4) is 0 Å². The van der Waals surface area contributed by atoms with Gasteiger partial charge in [0.05, 0.1) is 11.9 Å². The number of nitrogens with zero attached hydrogens (tertiary/aromatic N) is 2. The Morgan fingerprint density at radius 3 is 2.35 bits per heavy atom. The lowest BCUT2D eigenvalue weighted by atomic mass is 10.2. The van der Waals surface area contributed by atoms with E-state index in [1.165, 1.54) is 6.92 Å². The van der Waals surface area contributed by atoms with Gasteiger partial charge in [-0.1, -0.05) is 30.3 Å². The van der Waals surface area contributed by atoms with Crippen molar-refractivity contribution in [3.05, 3.63) is 35.9 Å². The lowest BCUT2D eigenvalue weighted by molar-refractivity contribution is -0.0766. The molecule has 1 rings (SSSR count). The van der Waals surface area contributed by atoms with Crippen molar-refractivity contribution in [1.29, 1.82) is 0 Å². The van der Waals surface area contributed by atoms with Gasteiger partial charge in [0, 0.05) is 12.1 Å². The molecule has 0 fully saturated rings. The summed E-state index contributed by atoms with van der Waals surface area (Å²) in [4.78, 5) is 22.8. The molecule has 2 amide bonds. The molecule has 0 saturated heterocycles. The van der Waals surface area contributed by atoms with Crippen LogP contribution >= 0.6 is 11.9 Å². The van der Waals surface area contributed by atoms with E-state index in [9.17, 15) is 14.8 Å². The summed E-state index contributed by atoms with van der Waals surface area (Å²) in [5.41, 5.74) is 0.352. The highest BCUT2D eigenvalue weighted by atomic mass is 32.2. The zero-order valence-electron chi connectivity index (χ0n) is 9.11. The maximum Gasteiger partial charge on any atom is 0.378 e. The highest BCUT2D eigenvalue weighted by Crippen LogP contribution is 2.16. The minimum atomic E-state index is -1.07. The summed E-state index contributed by atoms with van der Waals surface area (Å²) >= 11 is 0.303. The molecule has 0 saturated carbocycles. The number of benzene rings is 1. The zero-order valence-corrected chi connectivity index (χ0v) is 9.92. The summed E-state index contributed by atoms with van der Waals surface area (Å²) in [6.45, 7) is 1.53. The first kappa shape index (κ1) is 13.5. The van der Waals surface area contributed by atoms with E-state index in [0.717, 1.165) is 0 Å². The molecule has 17 heavy (non-hydrogen) atoms. The van der Waals surface area contributed by atoms with Gasteiger partial charge in [0.15, 0.2) is 0 Å². The van der Waals surface area contributed by atoms with Crippen molar-refractivity contribution in [3.63, 3.8) is 0 Å². The van der Waals surface area contributed by atoms with Gasteiger partial charge in [0.1, 0.15) is 0 Å². The summed E-state index contributed by atoms with van der Waals surface area (Å²) in [7, 11) is 0. The monoisotopic (exact) mass is 256 g/mol. The summed E-state index contributed by atoms with van der Waals surface area (Å²) in [5, 5.41) is 18.1. The SMILES string of the molecule is CCN(O)C(=O)N(O)SC(=O)c1ccccc1. The van der Waals surface area contributed by atoms with Crippen LogP contribution in [0, 0.1) is 0 Å². The van der Waals surface area contributed by atoms with Crippen molar-refractivity contribution in [2.24, 2.45) is 0 Å². The van der Waals surface area contributed by atoms with Gasteiger partial charge >= 0.3 is 6.03 Å². The van der Waals surface area contributed by atoms with E-state index in [1.807, 2.05) is 0 Å². The van der Waals surface area contributed by atoms with E-state index in [0.29, 0.717) is 22.6 Å². The number of hydrogen-bond donors (Lipinski definition) is 2. The minimum absolute atomic E-state index is 0.00990. The third-order valence-corrected chi connectivity index (χ3v) is 2.59. The number of hydrogen-bond acceptors (Lipinski definition) is 5. The first-order valence-electron chi connectivity index (χ1n) is 4.83. The first-order chi connectivity index (χ1) is 8.06. The van der Waals surface area contributed by atoms with Gasteiger partial charge in [-0.05, 0) is 6.92 Å². The van der Waals surface area contributed by atoms with E-state index in [4.69, 9.17) is 5.21 Å². The number of amides is 2. The Labute approximate surface area is 102 Å². The Kier molecular flexibility index (Phi) is 4.95. The largest absolute Gasteiger partial charge is 0.378 e. The highest BCUT2D eigenvalue weighted by molar-refractivity contribution is 8.12. The average molecular weight is 256 g/mol. The summed E-state index contributed by atoms with van der Waals surface area (Å²) in [6, 6.07) is 7.13. The van der Waals surface area contributed by atoms with E-state index in [1.54, 1.807) is 30.3 Å². The normalized spacial score (nSPS) is 9.82. The summed E-state index contributed by atoms with van der Waals surface area (Å²) in [5.74, 6) is 0. The van der Waals surface area contributed by atoms with Gasteiger partial charge in [0.25, 0.3) is 0 Å². The predicted molar refractivity (Wildman–Crippen MR) is 61.6 cm³/mol. The van der Waals surface area contributed by atoms with Gasteiger partial charge in [-0.15, -0.1) is 4.47 Å². The Balaban J connectivity index is 2.61. The number of carbonyl (C=O) groups is 2. The number of urea groups is 1. The van der Waals surface area contributed by atoms with Crippen molar-refractivity contribution in [2.45, 2.75) is 6.92 Å². The Morgan fingerprint density at radius 1 is 1.24 bits per heavy atom. The molecular weight excluding hydrogens is 244 g/mol. The lowest BCUT2D eigenvalue weighted by Crippen LogP contribution is -2.36. The van der Waals surface area contributed by atoms with Crippen LogP contribution < -0.4 is 0 Å². The average Bonchev–Trinajstić information content (AvgIpc) is 2.37. The quantitative estimate of drug-likeness (QED) is 0.480. The molecule has 6 nitrogen and oxygen atoms in total. The highest BCUT2D eigenvalue weighted by Gasteiger charge is 2.21. The molecule has 2 N–H and O–H groups in total. The fourth-order valence-electron chi connectivity index (χ4n) is 0.979.